The van der Waals surface area contributed by atoms with Crippen LogP contribution in [0.15, 0.2) is 24.3 Å². The molecule has 0 bridgehead atoms. The Hall–Kier alpha value is -1.84. The van der Waals surface area contributed by atoms with Crippen molar-refractivity contribution in [3.05, 3.63) is 35.4 Å². The molecule has 2 N–H and O–H groups in total. The normalized spacial score (nSPS) is 20.6. The topological polar surface area (TPSA) is 66.4 Å². The molecular formula is C29H45NO3. The van der Waals surface area contributed by atoms with Crippen molar-refractivity contribution in [2.75, 3.05) is 0 Å². The zero-order valence-corrected chi connectivity index (χ0v) is 21.1. The van der Waals surface area contributed by atoms with Crippen molar-refractivity contribution >= 4 is 11.9 Å². The second-order valence-corrected chi connectivity index (χ2v) is 11.9. The molecule has 1 amide bonds. The van der Waals surface area contributed by atoms with Gasteiger partial charge in [-0.2, -0.15) is 0 Å². The van der Waals surface area contributed by atoms with E-state index in [0.717, 1.165) is 44.1 Å². The lowest BCUT2D eigenvalue weighted by Gasteiger charge is -2.32. The van der Waals surface area contributed by atoms with E-state index in [-0.39, 0.29) is 11.3 Å². The van der Waals surface area contributed by atoms with Gasteiger partial charge in [0.2, 0.25) is 5.91 Å². The van der Waals surface area contributed by atoms with E-state index in [4.69, 9.17) is 0 Å². The molecule has 4 nitrogen and oxygen atoms in total. The monoisotopic (exact) mass is 455 g/mol. The summed E-state index contributed by atoms with van der Waals surface area (Å²) < 4.78 is 0. The molecule has 0 radical (unpaired) electrons. The molecule has 2 saturated carbocycles. The number of aliphatic carboxylic acids is 1. The smallest absolute Gasteiger partial charge is 0.326 e. The van der Waals surface area contributed by atoms with Crippen LogP contribution in [0.25, 0.3) is 0 Å². The number of carbonyl (C=O) groups excluding carboxylic acids is 1. The summed E-state index contributed by atoms with van der Waals surface area (Å²) in [7, 11) is 0. The van der Waals surface area contributed by atoms with Gasteiger partial charge < -0.3 is 10.4 Å². The molecule has 0 unspecified atom stereocenters. The van der Waals surface area contributed by atoms with Gasteiger partial charge in [0.15, 0.2) is 0 Å². The maximum absolute atomic E-state index is 13.3. The average Bonchev–Trinajstić information content (AvgIpc) is 3.22. The number of rotatable bonds is 8. The van der Waals surface area contributed by atoms with Crippen molar-refractivity contribution in [3.63, 3.8) is 0 Å². The molecule has 0 heterocycles. The molecule has 0 saturated heterocycles. The molecule has 2 fully saturated rings. The Bertz CT molecular complexity index is 763. The van der Waals surface area contributed by atoms with Crippen LogP contribution >= 0.6 is 0 Å². The van der Waals surface area contributed by atoms with Crippen molar-refractivity contribution < 1.29 is 14.7 Å². The summed E-state index contributed by atoms with van der Waals surface area (Å²) in [5, 5.41) is 12.8. The van der Waals surface area contributed by atoms with Gasteiger partial charge >= 0.3 is 5.97 Å². The average molecular weight is 456 g/mol. The van der Waals surface area contributed by atoms with Crippen molar-refractivity contribution in [1.82, 2.24) is 5.32 Å². The first-order valence-corrected chi connectivity index (χ1v) is 13.3. The number of hydrogen-bond acceptors (Lipinski definition) is 2. The second kappa shape index (κ2) is 11.5. The third-order valence-corrected chi connectivity index (χ3v) is 8.00. The molecule has 33 heavy (non-hydrogen) atoms. The molecule has 4 heteroatoms. The van der Waals surface area contributed by atoms with Crippen LogP contribution in [-0.2, 0) is 16.0 Å². The van der Waals surface area contributed by atoms with Crippen LogP contribution < -0.4 is 5.32 Å². The fraction of sp³-hybridized carbons (Fsp3) is 0.724. The molecular weight excluding hydrogens is 410 g/mol. The Labute approximate surface area is 200 Å². The largest absolute Gasteiger partial charge is 0.480 e. The highest BCUT2D eigenvalue weighted by molar-refractivity contribution is 5.87. The van der Waals surface area contributed by atoms with Gasteiger partial charge in [-0.25, -0.2) is 4.79 Å². The van der Waals surface area contributed by atoms with Crippen LogP contribution in [0, 0.1) is 10.8 Å². The summed E-state index contributed by atoms with van der Waals surface area (Å²) in [6, 6.07) is 7.63. The SMILES string of the molecule is CC(C)(C)CCC1(C(=O)N[C@@H](Cc2ccc(C3CCCCCCC3)cc2)C(=O)O)CCCC1. The zero-order chi connectivity index (χ0) is 23.9. The van der Waals surface area contributed by atoms with E-state index in [2.05, 4.69) is 50.4 Å². The lowest BCUT2D eigenvalue weighted by molar-refractivity contribution is -0.144. The van der Waals surface area contributed by atoms with Crippen molar-refractivity contribution in [2.45, 2.75) is 123 Å². The van der Waals surface area contributed by atoms with Gasteiger partial charge in [0, 0.05) is 11.8 Å². The number of benzene rings is 1. The van der Waals surface area contributed by atoms with E-state index in [9.17, 15) is 14.7 Å². The lowest BCUT2D eigenvalue weighted by atomic mass is 9.75. The number of carbonyl (C=O) groups is 2. The minimum absolute atomic E-state index is 0.0530. The molecule has 1 atom stereocenters. The molecule has 184 valence electrons. The highest BCUT2D eigenvalue weighted by atomic mass is 16.4. The van der Waals surface area contributed by atoms with E-state index < -0.39 is 17.4 Å². The molecule has 1 aromatic rings. The van der Waals surface area contributed by atoms with E-state index in [1.165, 1.54) is 50.5 Å². The molecule has 0 aromatic heterocycles. The van der Waals surface area contributed by atoms with Gasteiger partial charge in [0.05, 0.1) is 0 Å². The van der Waals surface area contributed by atoms with Gasteiger partial charge in [0.1, 0.15) is 6.04 Å². The second-order valence-electron chi connectivity index (χ2n) is 11.9. The number of nitrogens with one attached hydrogen (secondary N) is 1. The van der Waals surface area contributed by atoms with Gasteiger partial charge in [-0.15, -0.1) is 0 Å². The molecule has 1 aromatic carbocycles. The van der Waals surface area contributed by atoms with Crippen LogP contribution in [0.4, 0.5) is 0 Å². The van der Waals surface area contributed by atoms with Crippen LogP contribution in [0.1, 0.15) is 121 Å². The van der Waals surface area contributed by atoms with Crippen molar-refractivity contribution in [1.29, 1.82) is 0 Å². The maximum atomic E-state index is 13.3. The Morgan fingerprint density at radius 3 is 2.09 bits per heavy atom. The predicted molar refractivity (Wildman–Crippen MR) is 134 cm³/mol. The predicted octanol–water partition coefficient (Wildman–Crippen LogP) is 7.01. The number of carboxylic acid groups (broad SMARTS) is 1. The van der Waals surface area contributed by atoms with Gasteiger partial charge in [-0.05, 0) is 61.0 Å². The Morgan fingerprint density at radius 2 is 1.55 bits per heavy atom. The summed E-state index contributed by atoms with van der Waals surface area (Å²) in [6.07, 6.45) is 15.2. The molecule has 0 spiro atoms. The lowest BCUT2D eigenvalue weighted by Crippen LogP contribution is -2.49. The van der Waals surface area contributed by atoms with Gasteiger partial charge in [-0.1, -0.05) is 90.0 Å². The first-order chi connectivity index (χ1) is 15.7. The van der Waals surface area contributed by atoms with E-state index in [0.29, 0.717) is 12.3 Å². The number of carboxylic acids is 1. The quantitative estimate of drug-likeness (QED) is 0.443. The molecule has 0 aliphatic heterocycles. The summed E-state index contributed by atoms with van der Waals surface area (Å²) >= 11 is 0. The summed E-state index contributed by atoms with van der Waals surface area (Å²) in [4.78, 5) is 25.4. The molecule has 2 aliphatic rings. The highest BCUT2D eigenvalue weighted by Gasteiger charge is 2.42. The Kier molecular flexibility index (Phi) is 9.01. The highest BCUT2D eigenvalue weighted by Crippen LogP contribution is 2.44. The zero-order valence-electron chi connectivity index (χ0n) is 21.1. The van der Waals surface area contributed by atoms with Crippen LogP contribution in [0.2, 0.25) is 0 Å². The third-order valence-electron chi connectivity index (χ3n) is 8.00. The Morgan fingerprint density at radius 1 is 0.970 bits per heavy atom. The van der Waals surface area contributed by atoms with Crippen molar-refractivity contribution in [3.8, 4) is 0 Å². The fourth-order valence-corrected chi connectivity index (χ4v) is 5.72. The summed E-state index contributed by atoms with van der Waals surface area (Å²) in [5.41, 5.74) is 2.12. The Balaban J connectivity index is 1.64. The number of amides is 1. The van der Waals surface area contributed by atoms with Gasteiger partial charge in [0.25, 0.3) is 0 Å². The minimum atomic E-state index is -0.948. The van der Waals surface area contributed by atoms with Gasteiger partial charge in [-0.3, -0.25) is 4.79 Å². The van der Waals surface area contributed by atoms with Crippen LogP contribution in [-0.4, -0.2) is 23.0 Å². The first-order valence-electron chi connectivity index (χ1n) is 13.3. The van der Waals surface area contributed by atoms with Crippen LogP contribution in [0.5, 0.6) is 0 Å². The maximum Gasteiger partial charge on any atom is 0.326 e. The minimum Gasteiger partial charge on any atom is -0.480 e. The number of hydrogen-bond donors (Lipinski definition) is 2. The summed E-state index contributed by atoms with van der Waals surface area (Å²) in [6.45, 7) is 6.61. The summed E-state index contributed by atoms with van der Waals surface area (Å²) in [5.74, 6) is -0.376. The third kappa shape index (κ3) is 7.58. The van der Waals surface area contributed by atoms with E-state index in [1.54, 1.807) is 0 Å². The molecule has 3 rings (SSSR count). The van der Waals surface area contributed by atoms with E-state index in [1.807, 2.05) is 0 Å². The van der Waals surface area contributed by atoms with Crippen molar-refractivity contribution in [2.24, 2.45) is 10.8 Å². The molecule has 2 aliphatic carbocycles. The van der Waals surface area contributed by atoms with Crippen LogP contribution in [0.3, 0.4) is 0 Å². The van der Waals surface area contributed by atoms with E-state index >= 15 is 0 Å². The first kappa shape index (κ1) is 25.8. The fourth-order valence-electron chi connectivity index (χ4n) is 5.72. The standard InChI is InChI=1S/C29H45NO3/c1-28(2,3)19-20-29(17-9-10-18-29)27(33)30-25(26(31)32)21-22-13-15-24(16-14-22)23-11-7-5-4-6-8-12-23/h13-16,23,25H,4-12,17-21H2,1-3H3,(H,30,33)(H,31,32)/t25-/m0/s1.